The number of aromatic hydroxyl groups is 1. The lowest BCUT2D eigenvalue weighted by atomic mass is 9.90. The third-order valence-electron chi connectivity index (χ3n) is 2.54. The Labute approximate surface area is 104 Å². The highest BCUT2D eigenvalue weighted by molar-refractivity contribution is 6.00. The average molecular weight is 247 g/mol. The van der Waals surface area contributed by atoms with Gasteiger partial charge in [-0.25, -0.2) is 9.50 Å². The lowest BCUT2D eigenvalue weighted by Gasteiger charge is -2.19. The van der Waals surface area contributed by atoms with Crippen LogP contribution in [0.3, 0.4) is 0 Å². The molecule has 0 aromatic carbocycles. The van der Waals surface area contributed by atoms with Crippen LogP contribution in [0.25, 0.3) is 5.65 Å². The summed E-state index contributed by atoms with van der Waals surface area (Å²) in [6.45, 7) is 6.20. The summed E-state index contributed by atoms with van der Waals surface area (Å²) in [4.78, 5) is 15.1. The first-order valence-corrected chi connectivity index (χ1v) is 5.60. The van der Waals surface area contributed by atoms with Gasteiger partial charge in [-0.3, -0.25) is 10.5 Å². The summed E-state index contributed by atoms with van der Waals surface area (Å²) in [5.41, 5.74) is 8.05. The van der Waals surface area contributed by atoms with Crippen LogP contribution in [0.2, 0.25) is 0 Å². The molecule has 0 saturated heterocycles. The molecule has 0 atom stereocenters. The largest absolute Gasteiger partial charge is 0.507 e. The van der Waals surface area contributed by atoms with Crippen LogP contribution in [-0.2, 0) is 6.42 Å². The van der Waals surface area contributed by atoms with Crippen LogP contribution in [0.5, 0.6) is 5.75 Å². The van der Waals surface area contributed by atoms with Crippen molar-refractivity contribution < 1.29 is 9.90 Å². The smallest absolute Gasteiger partial charge is 0.277 e. The fraction of sp³-hybridized carbons (Fsp3) is 0.417. The summed E-state index contributed by atoms with van der Waals surface area (Å²) >= 11 is 0. The summed E-state index contributed by atoms with van der Waals surface area (Å²) in [6, 6.07) is 1.48. The van der Waals surface area contributed by atoms with E-state index in [0.717, 1.165) is 5.69 Å². The van der Waals surface area contributed by atoms with E-state index in [2.05, 4.69) is 30.9 Å². The van der Waals surface area contributed by atoms with Crippen molar-refractivity contribution in [2.75, 3.05) is 0 Å². The molecule has 1 amide bonds. The van der Waals surface area contributed by atoms with Crippen molar-refractivity contribution in [3.8, 4) is 5.75 Å². The van der Waals surface area contributed by atoms with Gasteiger partial charge in [-0.15, -0.1) is 0 Å². The van der Waals surface area contributed by atoms with Gasteiger partial charge in [0.1, 0.15) is 17.6 Å². The van der Waals surface area contributed by atoms with Gasteiger partial charge in [-0.1, -0.05) is 20.8 Å². The second kappa shape index (κ2) is 3.97. The number of rotatable bonds is 2. The first kappa shape index (κ1) is 12.3. The second-order valence-electron chi connectivity index (χ2n) is 5.46. The minimum Gasteiger partial charge on any atom is -0.507 e. The van der Waals surface area contributed by atoms with Crippen LogP contribution in [0, 0.1) is 5.41 Å². The first-order valence-electron chi connectivity index (χ1n) is 5.60. The number of hydrogen-bond acceptors (Lipinski definition) is 4. The summed E-state index contributed by atoms with van der Waals surface area (Å²) in [6.07, 6.45) is 1.99. The highest BCUT2D eigenvalue weighted by Gasteiger charge is 2.21. The molecule has 0 aliphatic rings. The molecule has 0 saturated carbocycles. The molecule has 0 unspecified atom stereocenters. The number of fused-ring (bicyclic) bond motifs is 1. The zero-order valence-electron chi connectivity index (χ0n) is 10.6. The summed E-state index contributed by atoms with van der Waals surface area (Å²) in [5, 5.41) is 13.9. The Hall–Kier alpha value is -2.11. The number of carbonyl (C=O) groups excluding carboxylic acids is 1. The fourth-order valence-corrected chi connectivity index (χ4v) is 1.91. The quantitative estimate of drug-likeness (QED) is 0.869. The van der Waals surface area contributed by atoms with Crippen molar-refractivity contribution in [2.24, 2.45) is 5.41 Å². The van der Waals surface area contributed by atoms with Gasteiger partial charge in [0, 0.05) is 11.8 Å². The van der Waals surface area contributed by atoms with E-state index in [1.165, 1.54) is 16.9 Å². The topological polar surface area (TPSA) is 91.3 Å². The van der Waals surface area contributed by atoms with E-state index in [4.69, 9.17) is 5.73 Å². The number of amides is 1. The highest BCUT2D eigenvalue weighted by atomic mass is 16.3. The highest BCUT2D eigenvalue weighted by Crippen LogP contribution is 2.27. The van der Waals surface area contributed by atoms with Crippen LogP contribution in [-0.4, -0.2) is 25.6 Å². The van der Waals surface area contributed by atoms with Gasteiger partial charge < -0.3 is 5.11 Å². The molecule has 0 bridgehead atoms. The molecule has 0 aliphatic carbocycles. The van der Waals surface area contributed by atoms with Crippen molar-refractivity contribution in [1.29, 1.82) is 0 Å². The zero-order valence-corrected chi connectivity index (χ0v) is 10.6. The maximum atomic E-state index is 11.2. The van der Waals surface area contributed by atoms with Gasteiger partial charge in [0.25, 0.3) is 5.91 Å². The Morgan fingerprint density at radius 1 is 1.50 bits per heavy atom. The minimum atomic E-state index is -0.965. The van der Waals surface area contributed by atoms with Crippen LogP contribution in [0.15, 0.2) is 12.4 Å². The fourth-order valence-electron chi connectivity index (χ4n) is 1.91. The van der Waals surface area contributed by atoms with Crippen molar-refractivity contribution in [1.82, 2.24) is 20.3 Å². The van der Waals surface area contributed by atoms with Crippen LogP contribution in [0.1, 0.15) is 36.8 Å². The molecule has 2 N–H and O–H groups in total. The van der Waals surface area contributed by atoms with Crippen molar-refractivity contribution in [3.63, 3.8) is 0 Å². The normalized spacial score (nSPS) is 11.9. The third-order valence-corrected chi connectivity index (χ3v) is 2.54. The van der Waals surface area contributed by atoms with Crippen molar-refractivity contribution in [2.45, 2.75) is 27.2 Å². The third kappa shape index (κ3) is 2.13. The standard InChI is InChI=1S/C12H15N4O2/c1-12(2,3)5-7-4-8(17)9(10(13)18)11-14-6-15-16(7)11/h4,6,13,17H,5H2,1-3H3. The lowest BCUT2D eigenvalue weighted by Crippen LogP contribution is -2.14. The molecule has 0 spiro atoms. The average Bonchev–Trinajstić information content (AvgIpc) is 2.62. The molecule has 0 fully saturated rings. The molecule has 95 valence electrons. The molecule has 1 radical (unpaired) electrons. The molecule has 2 rings (SSSR count). The molecule has 2 heterocycles. The van der Waals surface area contributed by atoms with E-state index >= 15 is 0 Å². The number of hydrogen-bond donors (Lipinski definition) is 1. The van der Waals surface area contributed by atoms with E-state index in [1.807, 2.05) is 0 Å². The Kier molecular flexibility index (Phi) is 2.73. The van der Waals surface area contributed by atoms with Gasteiger partial charge >= 0.3 is 0 Å². The van der Waals surface area contributed by atoms with E-state index in [-0.39, 0.29) is 22.4 Å². The van der Waals surface area contributed by atoms with Crippen LogP contribution < -0.4 is 5.73 Å². The Balaban J connectivity index is 2.68. The van der Waals surface area contributed by atoms with Gasteiger partial charge in [-0.05, 0) is 11.8 Å². The van der Waals surface area contributed by atoms with E-state index in [1.54, 1.807) is 0 Å². The Bertz CT molecular complexity index is 610. The number of pyridine rings is 1. The predicted octanol–water partition coefficient (Wildman–Crippen LogP) is 1.45. The molecule has 2 aromatic heterocycles. The van der Waals surface area contributed by atoms with Gasteiger partial charge in [0.15, 0.2) is 5.65 Å². The SMILES string of the molecule is CC(C)(C)Cc1cc(O)c(C([NH])=O)c2ncnn12. The first-order chi connectivity index (χ1) is 8.29. The summed E-state index contributed by atoms with van der Waals surface area (Å²) in [7, 11) is 0. The monoisotopic (exact) mass is 247 g/mol. The molecular weight excluding hydrogens is 232 g/mol. The molecule has 6 heteroatoms. The number of nitrogens with zero attached hydrogens (tertiary/aromatic N) is 3. The summed E-state index contributed by atoms with van der Waals surface area (Å²) in [5.74, 6) is -1.18. The van der Waals surface area contributed by atoms with E-state index in [0.29, 0.717) is 6.42 Å². The minimum absolute atomic E-state index is 0.0117. The maximum absolute atomic E-state index is 11.2. The number of carbonyl (C=O) groups is 1. The van der Waals surface area contributed by atoms with Gasteiger partial charge in [0.2, 0.25) is 0 Å². The Morgan fingerprint density at radius 2 is 2.17 bits per heavy atom. The number of aromatic nitrogens is 3. The molecule has 0 aliphatic heterocycles. The van der Waals surface area contributed by atoms with Gasteiger partial charge in [-0.2, -0.15) is 5.10 Å². The maximum Gasteiger partial charge on any atom is 0.277 e. The summed E-state index contributed by atoms with van der Waals surface area (Å²) < 4.78 is 1.51. The van der Waals surface area contributed by atoms with Gasteiger partial charge in [0.05, 0.1) is 0 Å². The van der Waals surface area contributed by atoms with Crippen molar-refractivity contribution >= 4 is 11.6 Å². The predicted molar refractivity (Wildman–Crippen MR) is 65.2 cm³/mol. The van der Waals surface area contributed by atoms with Crippen LogP contribution >= 0.6 is 0 Å². The molecule has 18 heavy (non-hydrogen) atoms. The molecule has 6 nitrogen and oxygen atoms in total. The van der Waals surface area contributed by atoms with Crippen LogP contribution in [0.4, 0.5) is 0 Å². The lowest BCUT2D eigenvalue weighted by molar-refractivity contribution is 0.0990. The van der Waals surface area contributed by atoms with E-state index < -0.39 is 5.91 Å². The molecular formula is C12H15N4O2. The Morgan fingerprint density at radius 3 is 2.72 bits per heavy atom. The zero-order chi connectivity index (χ0) is 13.5. The van der Waals surface area contributed by atoms with E-state index in [9.17, 15) is 9.90 Å². The second-order valence-corrected chi connectivity index (χ2v) is 5.46. The molecule has 2 aromatic rings. The van der Waals surface area contributed by atoms with Crippen molar-refractivity contribution in [3.05, 3.63) is 23.7 Å². The number of nitrogens with one attached hydrogen (secondary N) is 1.